The third-order valence-electron chi connectivity index (χ3n) is 4.19. The lowest BCUT2D eigenvalue weighted by Gasteiger charge is -2.18. The number of carbonyl (C=O) groups is 1. The lowest BCUT2D eigenvalue weighted by Crippen LogP contribution is -2.29. The molecule has 1 aliphatic rings. The van der Waals surface area contributed by atoms with Gasteiger partial charge in [-0.05, 0) is 36.5 Å². The van der Waals surface area contributed by atoms with E-state index in [0.29, 0.717) is 11.7 Å². The van der Waals surface area contributed by atoms with Gasteiger partial charge in [-0.3, -0.25) is 4.79 Å². The van der Waals surface area contributed by atoms with E-state index in [-0.39, 0.29) is 11.9 Å². The number of fused-ring (bicyclic) bond motifs is 1. The van der Waals surface area contributed by atoms with Crippen LogP contribution >= 0.6 is 0 Å². The van der Waals surface area contributed by atoms with Gasteiger partial charge in [0.15, 0.2) is 5.76 Å². The van der Waals surface area contributed by atoms with Crippen molar-refractivity contribution in [1.82, 2.24) is 5.32 Å². The summed E-state index contributed by atoms with van der Waals surface area (Å²) < 4.78 is 5.65. The molecule has 1 amide bonds. The highest BCUT2D eigenvalue weighted by molar-refractivity contribution is 5.96. The topological polar surface area (TPSA) is 42.2 Å². The van der Waals surface area contributed by atoms with E-state index in [0.717, 1.165) is 16.5 Å². The maximum absolute atomic E-state index is 12.5. The summed E-state index contributed by atoms with van der Waals surface area (Å²) in [6.07, 6.45) is 2.33. The second kappa shape index (κ2) is 5.34. The van der Waals surface area contributed by atoms with Crippen LogP contribution in [0.1, 0.15) is 35.0 Å². The molecule has 2 aromatic carbocycles. The van der Waals surface area contributed by atoms with E-state index in [1.165, 1.54) is 12.8 Å². The Labute approximate surface area is 128 Å². The predicted octanol–water partition coefficient (Wildman–Crippen LogP) is 4.31. The lowest BCUT2D eigenvalue weighted by atomic mass is 10.0. The highest BCUT2D eigenvalue weighted by atomic mass is 16.3. The first kappa shape index (κ1) is 13.1. The van der Waals surface area contributed by atoms with Crippen molar-refractivity contribution in [2.45, 2.75) is 18.9 Å². The van der Waals surface area contributed by atoms with Crippen LogP contribution in [0.25, 0.3) is 11.0 Å². The van der Waals surface area contributed by atoms with Crippen molar-refractivity contribution in [3.8, 4) is 0 Å². The summed E-state index contributed by atoms with van der Waals surface area (Å²) in [4.78, 5) is 12.5. The minimum atomic E-state index is -0.142. The van der Waals surface area contributed by atoms with Gasteiger partial charge in [-0.15, -0.1) is 0 Å². The second-order valence-electron chi connectivity index (χ2n) is 5.85. The molecule has 0 radical (unpaired) electrons. The Hall–Kier alpha value is -2.55. The average Bonchev–Trinajstić information content (AvgIpc) is 3.30. The molecule has 3 nitrogen and oxygen atoms in total. The first-order chi connectivity index (χ1) is 10.8. The van der Waals surface area contributed by atoms with E-state index in [4.69, 9.17) is 4.42 Å². The quantitative estimate of drug-likeness (QED) is 0.778. The summed E-state index contributed by atoms with van der Waals surface area (Å²) in [5.41, 5.74) is 1.91. The van der Waals surface area contributed by atoms with E-state index in [1.54, 1.807) is 6.07 Å². The zero-order chi connectivity index (χ0) is 14.9. The first-order valence-corrected chi connectivity index (χ1v) is 7.65. The van der Waals surface area contributed by atoms with Crippen molar-refractivity contribution in [3.63, 3.8) is 0 Å². The summed E-state index contributed by atoms with van der Waals surface area (Å²) in [6, 6.07) is 19.7. The van der Waals surface area contributed by atoms with Gasteiger partial charge in [0, 0.05) is 5.39 Å². The van der Waals surface area contributed by atoms with Crippen LogP contribution in [-0.2, 0) is 0 Å². The molecule has 0 saturated heterocycles. The average molecular weight is 291 g/mol. The SMILES string of the molecule is O=C(N[C@@H](c1ccccc1)C1CC1)c1cc2ccccc2o1. The number of hydrogen-bond donors (Lipinski definition) is 1. The second-order valence-corrected chi connectivity index (χ2v) is 5.85. The molecule has 0 bridgehead atoms. The van der Waals surface area contributed by atoms with Gasteiger partial charge < -0.3 is 9.73 Å². The number of nitrogens with one attached hydrogen (secondary N) is 1. The molecule has 1 heterocycles. The maximum atomic E-state index is 12.5. The predicted molar refractivity (Wildman–Crippen MR) is 85.6 cm³/mol. The van der Waals surface area contributed by atoms with E-state index in [9.17, 15) is 4.79 Å². The van der Waals surface area contributed by atoms with Crippen molar-refractivity contribution in [1.29, 1.82) is 0 Å². The van der Waals surface area contributed by atoms with Crippen LogP contribution in [0.4, 0.5) is 0 Å². The molecule has 0 spiro atoms. The van der Waals surface area contributed by atoms with Crippen LogP contribution < -0.4 is 5.32 Å². The molecule has 22 heavy (non-hydrogen) atoms. The standard InChI is InChI=1S/C19H17NO2/c21-19(17-12-15-8-4-5-9-16(15)22-17)20-18(14-10-11-14)13-6-2-1-3-7-13/h1-9,12,14,18H,10-11H2,(H,20,21)/t18-/m0/s1. The Morgan fingerprint density at radius 2 is 1.77 bits per heavy atom. The number of furan rings is 1. The maximum Gasteiger partial charge on any atom is 0.287 e. The van der Waals surface area contributed by atoms with E-state index >= 15 is 0 Å². The molecular weight excluding hydrogens is 274 g/mol. The molecule has 3 aromatic rings. The fourth-order valence-corrected chi connectivity index (χ4v) is 2.87. The fourth-order valence-electron chi connectivity index (χ4n) is 2.87. The summed E-state index contributed by atoms with van der Waals surface area (Å²) in [5.74, 6) is 0.774. The normalized spacial score (nSPS) is 15.6. The zero-order valence-electron chi connectivity index (χ0n) is 12.2. The third kappa shape index (κ3) is 2.50. The largest absolute Gasteiger partial charge is 0.451 e. The van der Waals surface area contributed by atoms with Gasteiger partial charge in [0.25, 0.3) is 5.91 Å². The third-order valence-corrected chi connectivity index (χ3v) is 4.19. The van der Waals surface area contributed by atoms with Crippen LogP contribution in [0, 0.1) is 5.92 Å². The first-order valence-electron chi connectivity index (χ1n) is 7.65. The molecule has 1 saturated carbocycles. The van der Waals surface area contributed by atoms with Gasteiger partial charge in [0.2, 0.25) is 0 Å². The molecule has 0 aliphatic heterocycles. The van der Waals surface area contributed by atoms with Crippen LogP contribution in [0.15, 0.2) is 65.1 Å². The Balaban J connectivity index is 1.59. The highest BCUT2D eigenvalue weighted by Crippen LogP contribution is 2.41. The molecule has 4 rings (SSSR count). The summed E-state index contributed by atoms with van der Waals surface area (Å²) in [7, 11) is 0. The highest BCUT2D eigenvalue weighted by Gasteiger charge is 2.33. The van der Waals surface area contributed by atoms with Crippen LogP contribution in [0.3, 0.4) is 0 Å². The number of benzene rings is 2. The van der Waals surface area contributed by atoms with Crippen molar-refractivity contribution in [3.05, 3.63) is 72.0 Å². The number of amides is 1. The number of carbonyl (C=O) groups excluding carboxylic acids is 1. The van der Waals surface area contributed by atoms with Gasteiger partial charge in [-0.1, -0.05) is 48.5 Å². The van der Waals surface area contributed by atoms with E-state index < -0.39 is 0 Å². The van der Waals surface area contributed by atoms with Crippen molar-refractivity contribution in [2.75, 3.05) is 0 Å². The summed E-state index contributed by atoms with van der Waals surface area (Å²) in [6.45, 7) is 0. The molecule has 3 heteroatoms. The molecular formula is C19H17NO2. The van der Waals surface area contributed by atoms with Crippen LogP contribution in [0.5, 0.6) is 0 Å². The van der Waals surface area contributed by atoms with Gasteiger partial charge in [-0.25, -0.2) is 0 Å². The lowest BCUT2D eigenvalue weighted by molar-refractivity contribution is 0.0905. The number of para-hydroxylation sites is 1. The zero-order valence-corrected chi connectivity index (χ0v) is 12.2. The number of hydrogen-bond acceptors (Lipinski definition) is 2. The van der Waals surface area contributed by atoms with Crippen LogP contribution in [0.2, 0.25) is 0 Å². The van der Waals surface area contributed by atoms with Crippen molar-refractivity contribution >= 4 is 16.9 Å². The molecule has 110 valence electrons. The smallest absolute Gasteiger partial charge is 0.287 e. The van der Waals surface area contributed by atoms with Crippen molar-refractivity contribution < 1.29 is 9.21 Å². The van der Waals surface area contributed by atoms with Crippen LogP contribution in [-0.4, -0.2) is 5.91 Å². The molecule has 1 atom stereocenters. The minimum absolute atomic E-state index is 0.0712. The Morgan fingerprint density at radius 1 is 1.05 bits per heavy atom. The fraction of sp³-hybridized carbons (Fsp3) is 0.211. The Kier molecular flexibility index (Phi) is 3.19. The van der Waals surface area contributed by atoms with Gasteiger partial charge in [-0.2, -0.15) is 0 Å². The summed E-state index contributed by atoms with van der Waals surface area (Å²) >= 11 is 0. The Bertz CT molecular complexity index is 769. The summed E-state index contributed by atoms with van der Waals surface area (Å²) in [5, 5.41) is 4.09. The molecule has 1 fully saturated rings. The van der Waals surface area contributed by atoms with E-state index in [2.05, 4.69) is 17.4 Å². The molecule has 1 aromatic heterocycles. The molecule has 0 unspecified atom stereocenters. The van der Waals surface area contributed by atoms with Crippen molar-refractivity contribution in [2.24, 2.45) is 5.92 Å². The van der Waals surface area contributed by atoms with Gasteiger partial charge in [0.05, 0.1) is 6.04 Å². The molecule has 1 aliphatic carbocycles. The number of rotatable bonds is 4. The molecule has 1 N–H and O–H groups in total. The Morgan fingerprint density at radius 3 is 2.50 bits per heavy atom. The van der Waals surface area contributed by atoms with Gasteiger partial charge >= 0.3 is 0 Å². The van der Waals surface area contributed by atoms with Gasteiger partial charge in [0.1, 0.15) is 5.58 Å². The van der Waals surface area contributed by atoms with E-state index in [1.807, 2.05) is 42.5 Å². The monoisotopic (exact) mass is 291 g/mol. The minimum Gasteiger partial charge on any atom is -0.451 e.